The van der Waals surface area contributed by atoms with Crippen molar-refractivity contribution in [1.29, 1.82) is 0 Å². The highest BCUT2D eigenvalue weighted by Crippen LogP contribution is 2.32. The average Bonchev–Trinajstić information content (AvgIpc) is 2.30. The molecule has 0 saturated heterocycles. The normalized spacial score (nSPS) is 15.5. The molecule has 0 bridgehead atoms. The van der Waals surface area contributed by atoms with Crippen molar-refractivity contribution in [1.82, 2.24) is 0 Å². The van der Waals surface area contributed by atoms with Crippen LogP contribution in [0.4, 0.5) is 0 Å². The van der Waals surface area contributed by atoms with Gasteiger partial charge in [0.15, 0.2) is 0 Å². The molecule has 0 N–H and O–H groups in total. The summed E-state index contributed by atoms with van der Waals surface area (Å²) in [7, 11) is 0. The highest BCUT2D eigenvalue weighted by molar-refractivity contribution is 5.81. The van der Waals surface area contributed by atoms with E-state index in [9.17, 15) is 0 Å². The van der Waals surface area contributed by atoms with Gasteiger partial charge in [-0.05, 0) is 42.0 Å². The van der Waals surface area contributed by atoms with Crippen molar-refractivity contribution in [2.75, 3.05) is 0 Å². The predicted molar refractivity (Wildman–Crippen MR) is 66.7 cm³/mol. The molecular weight excluding hydrogens is 180 g/mol. The van der Waals surface area contributed by atoms with Crippen LogP contribution in [0.2, 0.25) is 0 Å². The summed E-state index contributed by atoms with van der Waals surface area (Å²) in [5, 5.41) is 0. The average molecular weight is 196 g/mol. The first-order valence-corrected chi connectivity index (χ1v) is 5.43. The summed E-state index contributed by atoms with van der Waals surface area (Å²) >= 11 is 0. The van der Waals surface area contributed by atoms with E-state index in [1.165, 1.54) is 22.3 Å². The van der Waals surface area contributed by atoms with Crippen LogP contribution in [0.25, 0.3) is 5.57 Å². The minimum absolute atomic E-state index is 1.11. The second-order valence-corrected chi connectivity index (χ2v) is 3.80. The lowest BCUT2D eigenvalue weighted by Gasteiger charge is -2.19. The molecule has 76 valence electrons. The lowest BCUT2D eigenvalue weighted by atomic mass is 9.85. The Morgan fingerprint density at radius 1 is 1.20 bits per heavy atom. The lowest BCUT2D eigenvalue weighted by molar-refractivity contribution is 0.944. The molecule has 0 aliphatic heterocycles. The summed E-state index contributed by atoms with van der Waals surface area (Å²) in [5.74, 6) is 0. The number of fused-ring (bicyclic) bond motifs is 1. The van der Waals surface area contributed by atoms with Crippen molar-refractivity contribution in [2.45, 2.75) is 19.8 Å². The summed E-state index contributed by atoms with van der Waals surface area (Å²) in [6.45, 7) is 5.96. The molecule has 0 unspecified atom stereocenters. The monoisotopic (exact) mass is 196 g/mol. The zero-order chi connectivity index (χ0) is 10.7. The quantitative estimate of drug-likeness (QED) is 0.666. The van der Waals surface area contributed by atoms with Crippen LogP contribution < -0.4 is 0 Å². The van der Waals surface area contributed by atoms with Gasteiger partial charge < -0.3 is 0 Å². The standard InChI is InChI=1S/C15H16/c1-3-7-14-12(4-2)10-11-13-8-5-6-9-15(13)14/h3-9H,2,10-11H2,1H3/b7-3-. The highest BCUT2D eigenvalue weighted by atomic mass is 14.2. The van der Waals surface area contributed by atoms with Gasteiger partial charge in [-0.2, -0.15) is 0 Å². The van der Waals surface area contributed by atoms with Crippen molar-refractivity contribution in [3.63, 3.8) is 0 Å². The fraction of sp³-hybridized carbons (Fsp3) is 0.200. The first-order chi connectivity index (χ1) is 7.36. The Morgan fingerprint density at radius 3 is 2.73 bits per heavy atom. The van der Waals surface area contributed by atoms with Crippen LogP contribution >= 0.6 is 0 Å². The SMILES string of the molecule is C=CC1=C(/C=C\C)c2ccccc2CC1. The fourth-order valence-corrected chi connectivity index (χ4v) is 2.15. The molecule has 0 spiro atoms. The molecule has 0 fully saturated rings. The van der Waals surface area contributed by atoms with Crippen LogP contribution in [0.3, 0.4) is 0 Å². The van der Waals surface area contributed by atoms with Crippen molar-refractivity contribution in [3.05, 3.63) is 65.8 Å². The van der Waals surface area contributed by atoms with E-state index in [0.717, 1.165) is 12.8 Å². The first kappa shape index (κ1) is 9.97. The van der Waals surface area contributed by atoms with Gasteiger partial charge in [0, 0.05) is 0 Å². The molecule has 2 rings (SSSR count). The Bertz CT molecular complexity index is 433. The zero-order valence-electron chi connectivity index (χ0n) is 9.16. The van der Waals surface area contributed by atoms with Gasteiger partial charge in [-0.1, -0.05) is 49.1 Å². The summed E-state index contributed by atoms with van der Waals surface area (Å²) in [6.07, 6.45) is 8.53. The van der Waals surface area contributed by atoms with Crippen molar-refractivity contribution < 1.29 is 0 Å². The Labute approximate surface area is 91.6 Å². The van der Waals surface area contributed by atoms with Crippen LogP contribution in [-0.2, 0) is 6.42 Å². The van der Waals surface area contributed by atoms with E-state index in [4.69, 9.17) is 0 Å². The third-order valence-corrected chi connectivity index (χ3v) is 2.90. The van der Waals surface area contributed by atoms with Gasteiger partial charge >= 0.3 is 0 Å². The fourth-order valence-electron chi connectivity index (χ4n) is 2.15. The smallest absolute Gasteiger partial charge is 0.0149 e. The van der Waals surface area contributed by atoms with E-state index >= 15 is 0 Å². The molecule has 1 aliphatic carbocycles. The van der Waals surface area contributed by atoms with E-state index in [1.54, 1.807) is 0 Å². The van der Waals surface area contributed by atoms with E-state index < -0.39 is 0 Å². The number of hydrogen-bond acceptors (Lipinski definition) is 0. The minimum Gasteiger partial charge on any atom is -0.0988 e. The van der Waals surface area contributed by atoms with Crippen LogP contribution in [0.15, 0.2) is 54.6 Å². The van der Waals surface area contributed by atoms with Crippen LogP contribution in [0.5, 0.6) is 0 Å². The number of rotatable bonds is 2. The van der Waals surface area contributed by atoms with Crippen molar-refractivity contribution >= 4 is 5.57 Å². The van der Waals surface area contributed by atoms with Gasteiger partial charge in [-0.15, -0.1) is 0 Å². The number of hydrogen-bond donors (Lipinski definition) is 0. The maximum absolute atomic E-state index is 3.90. The summed E-state index contributed by atoms with van der Waals surface area (Å²) < 4.78 is 0. The molecule has 15 heavy (non-hydrogen) atoms. The van der Waals surface area contributed by atoms with Gasteiger partial charge in [0.2, 0.25) is 0 Å². The number of allylic oxidation sites excluding steroid dienone is 5. The molecular formula is C15H16. The molecule has 0 aromatic heterocycles. The summed E-state index contributed by atoms with van der Waals surface area (Å²) in [5.41, 5.74) is 5.54. The lowest BCUT2D eigenvalue weighted by Crippen LogP contribution is -2.02. The molecule has 1 aromatic rings. The van der Waals surface area contributed by atoms with E-state index in [0.29, 0.717) is 0 Å². The first-order valence-electron chi connectivity index (χ1n) is 5.43. The Kier molecular flexibility index (Phi) is 2.86. The molecule has 1 aliphatic rings. The number of aryl methyl sites for hydroxylation is 1. The maximum Gasteiger partial charge on any atom is -0.0149 e. The van der Waals surface area contributed by atoms with Crippen LogP contribution in [0, 0.1) is 0 Å². The van der Waals surface area contributed by atoms with Gasteiger partial charge in [-0.3, -0.25) is 0 Å². The van der Waals surface area contributed by atoms with Gasteiger partial charge in [0.05, 0.1) is 0 Å². The van der Waals surface area contributed by atoms with Crippen molar-refractivity contribution in [3.8, 4) is 0 Å². The summed E-state index contributed by atoms with van der Waals surface area (Å²) in [6, 6.07) is 8.64. The van der Waals surface area contributed by atoms with E-state index in [-0.39, 0.29) is 0 Å². The molecule has 0 atom stereocenters. The predicted octanol–water partition coefficient (Wildman–Crippen LogP) is 4.15. The highest BCUT2D eigenvalue weighted by Gasteiger charge is 2.14. The van der Waals surface area contributed by atoms with E-state index in [2.05, 4.69) is 49.9 Å². The van der Waals surface area contributed by atoms with Gasteiger partial charge in [-0.25, -0.2) is 0 Å². The zero-order valence-corrected chi connectivity index (χ0v) is 9.16. The number of benzene rings is 1. The van der Waals surface area contributed by atoms with Crippen LogP contribution in [0.1, 0.15) is 24.5 Å². The van der Waals surface area contributed by atoms with E-state index in [1.807, 2.05) is 6.08 Å². The third-order valence-electron chi connectivity index (χ3n) is 2.90. The maximum atomic E-state index is 3.90. The second kappa shape index (κ2) is 4.31. The molecule has 1 aromatic carbocycles. The molecule has 0 heterocycles. The molecule has 0 nitrogen and oxygen atoms in total. The Morgan fingerprint density at radius 2 is 2.00 bits per heavy atom. The van der Waals surface area contributed by atoms with Crippen LogP contribution in [-0.4, -0.2) is 0 Å². The van der Waals surface area contributed by atoms with Gasteiger partial charge in [0.25, 0.3) is 0 Å². The Balaban J connectivity index is 2.60. The largest absolute Gasteiger partial charge is 0.0988 e. The molecule has 0 amide bonds. The molecule has 0 radical (unpaired) electrons. The van der Waals surface area contributed by atoms with Gasteiger partial charge in [0.1, 0.15) is 0 Å². The second-order valence-electron chi connectivity index (χ2n) is 3.80. The molecule has 0 saturated carbocycles. The Hall–Kier alpha value is -1.56. The minimum atomic E-state index is 1.11. The summed E-state index contributed by atoms with van der Waals surface area (Å²) in [4.78, 5) is 0. The topological polar surface area (TPSA) is 0 Å². The van der Waals surface area contributed by atoms with Crippen molar-refractivity contribution in [2.24, 2.45) is 0 Å². The molecule has 0 heteroatoms. The third kappa shape index (κ3) is 1.80.